The zero-order valence-corrected chi connectivity index (χ0v) is 7.31. The molecule has 5 heteroatoms. The van der Waals surface area contributed by atoms with Crippen molar-refractivity contribution in [2.24, 2.45) is 0 Å². The maximum atomic E-state index is 5.53. The van der Waals surface area contributed by atoms with Gasteiger partial charge in [0.25, 0.3) is 0 Å². The molecule has 2 rings (SSSR count). The van der Waals surface area contributed by atoms with Crippen LogP contribution in [0.3, 0.4) is 0 Å². The molecule has 64 valence electrons. The van der Waals surface area contributed by atoms with E-state index in [1.54, 1.807) is 18.6 Å². The first-order valence-electron chi connectivity index (χ1n) is 3.53. The zero-order chi connectivity index (χ0) is 9.26. The fraction of sp³-hybridized carbons (Fsp3) is 0. The predicted octanol–water partition coefficient (Wildman–Crippen LogP) is 1.51. The van der Waals surface area contributed by atoms with E-state index in [0.29, 0.717) is 0 Å². The minimum Gasteiger partial charge on any atom is -0.329 e. The van der Waals surface area contributed by atoms with Crippen molar-refractivity contribution in [2.45, 2.75) is 0 Å². The Morgan fingerprint density at radius 2 is 1.92 bits per heavy atom. The number of nitrogens with zero attached hydrogens (tertiary/aromatic N) is 4. The van der Waals surface area contributed by atoms with Crippen LogP contribution in [0.4, 0.5) is 0 Å². The lowest BCUT2D eigenvalue weighted by Crippen LogP contribution is -1.83. The molecule has 13 heavy (non-hydrogen) atoms. The molecule has 0 aliphatic rings. The highest BCUT2D eigenvalue weighted by Crippen LogP contribution is 2.14. The number of hydrogen-bond donors (Lipinski definition) is 0. The quantitative estimate of drug-likeness (QED) is 0.644. The van der Waals surface area contributed by atoms with Crippen LogP contribution in [0.5, 0.6) is 0 Å². The van der Waals surface area contributed by atoms with Crippen molar-refractivity contribution in [1.82, 2.24) is 19.5 Å². The van der Waals surface area contributed by atoms with Gasteiger partial charge in [0.05, 0.1) is 19.1 Å². The molecule has 0 aliphatic carbocycles. The van der Waals surface area contributed by atoms with E-state index in [2.05, 4.69) is 15.0 Å². The molecule has 2 aromatic heterocycles. The van der Waals surface area contributed by atoms with Crippen LogP contribution in [0, 0.1) is 7.05 Å². The third-order valence-corrected chi connectivity index (χ3v) is 1.71. The molecule has 0 saturated carbocycles. The highest BCUT2D eigenvalue weighted by Gasteiger charge is 2.01. The number of aromatic nitrogens is 4. The van der Waals surface area contributed by atoms with E-state index in [4.69, 9.17) is 18.6 Å². The summed E-state index contributed by atoms with van der Waals surface area (Å²) in [5.41, 5.74) is 1.51. The summed E-state index contributed by atoms with van der Waals surface area (Å²) in [5.74, 6) is 0. The molecule has 0 unspecified atom stereocenters. The molecule has 2 heterocycles. The van der Waals surface area contributed by atoms with Gasteiger partial charge in [-0.2, -0.15) is 0 Å². The molecule has 0 aromatic carbocycles. The lowest BCUT2D eigenvalue weighted by Gasteiger charge is -1.93. The summed E-state index contributed by atoms with van der Waals surface area (Å²) >= 11 is 5.53. The van der Waals surface area contributed by atoms with Crippen LogP contribution in [0.1, 0.15) is 0 Å². The molecule has 0 N–H and O–H groups in total. The Labute approximate surface area is 80.2 Å². The second-order valence-electron chi connectivity index (χ2n) is 2.45. The van der Waals surface area contributed by atoms with Crippen molar-refractivity contribution in [3.05, 3.63) is 37.2 Å². The van der Waals surface area contributed by atoms with Crippen LogP contribution >= 0.6 is 11.6 Å². The fourth-order valence-electron chi connectivity index (χ4n) is 0.930. The third kappa shape index (κ3) is 1.67. The lowest BCUT2D eigenvalue weighted by molar-refractivity contribution is 1.06. The predicted molar refractivity (Wildman–Crippen MR) is 48.0 cm³/mol. The molecule has 0 amide bonds. The maximum Gasteiger partial charge on any atom is 0.222 e. The van der Waals surface area contributed by atoms with Gasteiger partial charge in [-0.1, -0.05) is 0 Å². The number of halogens is 1. The van der Waals surface area contributed by atoms with E-state index < -0.39 is 0 Å². The van der Waals surface area contributed by atoms with Gasteiger partial charge < -0.3 is 4.57 Å². The second-order valence-corrected chi connectivity index (χ2v) is 2.78. The molecule has 0 saturated heterocycles. The van der Waals surface area contributed by atoms with Gasteiger partial charge in [0.1, 0.15) is 0 Å². The molecule has 2 radical (unpaired) electrons. The van der Waals surface area contributed by atoms with Crippen molar-refractivity contribution in [2.75, 3.05) is 0 Å². The van der Waals surface area contributed by atoms with E-state index in [1.807, 2.05) is 0 Å². The van der Waals surface area contributed by atoms with E-state index in [0.717, 1.165) is 11.3 Å². The molecular formula is C8H5ClN4. The Hall–Kier alpha value is -1.42. The van der Waals surface area contributed by atoms with Crippen molar-refractivity contribution < 1.29 is 0 Å². The summed E-state index contributed by atoms with van der Waals surface area (Å²) in [6.45, 7) is 0. The van der Waals surface area contributed by atoms with Crippen molar-refractivity contribution >= 4 is 11.6 Å². The van der Waals surface area contributed by atoms with Crippen molar-refractivity contribution in [1.29, 1.82) is 0 Å². The first-order valence-corrected chi connectivity index (χ1v) is 3.90. The Morgan fingerprint density at radius 3 is 2.46 bits per heavy atom. The van der Waals surface area contributed by atoms with Crippen LogP contribution in [-0.2, 0) is 0 Å². The Bertz CT molecular complexity index is 406. The second kappa shape index (κ2) is 3.14. The fourth-order valence-corrected chi connectivity index (χ4v) is 1.03. The van der Waals surface area contributed by atoms with Gasteiger partial charge in [-0.3, -0.25) is 0 Å². The molecule has 2 aromatic rings. The van der Waals surface area contributed by atoms with E-state index in [1.165, 1.54) is 10.9 Å². The monoisotopic (exact) mass is 192 g/mol. The topological polar surface area (TPSA) is 43.6 Å². The van der Waals surface area contributed by atoms with E-state index >= 15 is 0 Å². The van der Waals surface area contributed by atoms with Crippen LogP contribution in [0.25, 0.3) is 11.3 Å². The van der Waals surface area contributed by atoms with Gasteiger partial charge in [0, 0.05) is 24.2 Å². The van der Waals surface area contributed by atoms with E-state index in [9.17, 15) is 0 Å². The van der Waals surface area contributed by atoms with Crippen molar-refractivity contribution in [3.8, 4) is 11.3 Å². The summed E-state index contributed by atoms with van der Waals surface area (Å²) in [4.78, 5) is 11.7. The molecule has 4 nitrogen and oxygen atoms in total. The minimum atomic E-state index is 0.218. The van der Waals surface area contributed by atoms with Gasteiger partial charge in [0.2, 0.25) is 5.28 Å². The first-order chi connectivity index (χ1) is 6.25. The summed E-state index contributed by atoms with van der Waals surface area (Å²) in [6, 6.07) is 0. The maximum absolute atomic E-state index is 5.53. The van der Waals surface area contributed by atoms with E-state index in [-0.39, 0.29) is 5.28 Å². The van der Waals surface area contributed by atoms with Crippen molar-refractivity contribution in [3.63, 3.8) is 0 Å². The average molecular weight is 193 g/mol. The molecule has 0 aliphatic heterocycles. The van der Waals surface area contributed by atoms with Gasteiger partial charge in [-0.05, 0) is 11.6 Å². The summed E-state index contributed by atoms with van der Waals surface area (Å²) in [7, 11) is 5.43. The third-order valence-electron chi connectivity index (χ3n) is 1.52. The Morgan fingerprint density at radius 1 is 1.23 bits per heavy atom. The lowest BCUT2D eigenvalue weighted by atomic mass is 10.3. The Balaban J connectivity index is 2.41. The Kier molecular flexibility index (Phi) is 1.98. The van der Waals surface area contributed by atoms with Gasteiger partial charge >= 0.3 is 0 Å². The molecule has 0 spiro atoms. The van der Waals surface area contributed by atoms with Crippen LogP contribution in [0.15, 0.2) is 24.9 Å². The average Bonchev–Trinajstić information content (AvgIpc) is 2.53. The molecular weight excluding hydrogens is 188 g/mol. The zero-order valence-electron chi connectivity index (χ0n) is 6.55. The normalized spacial score (nSPS) is 10.3. The molecule has 0 atom stereocenters. The molecule has 0 fully saturated rings. The van der Waals surface area contributed by atoms with Gasteiger partial charge in [0.15, 0.2) is 0 Å². The van der Waals surface area contributed by atoms with Crippen LogP contribution in [-0.4, -0.2) is 19.5 Å². The minimum absolute atomic E-state index is 0.218. The summed E-state index contributed by atoms with van der Waals surface area (Å²) < 4.78 is 1.37. The standard InChI is InChI=1S/C8H5ClN4/c1-13-4-7(12-5-13)6-2-10-8(9)11-3-6/h1-5H. The number of imidazole rings is 1. The summed E-state index contributed by atoms with van der Waals surface area (Å²) in [6.07, 6.45) is 6.37. The van der Waals surface area contributed by atoms with Gasteiger partial charge in [-0.25, -0.2) is 15.0 Å². The van der Waals surface area contributed by atoms with Gasteiger partial charge in [-0.15, -0.1) is 0 Å². The highest BCUT2D eigenvalue weighted by atomic mass is 35.5. The SMILES string of the molecule is [CH]n1cnc(-c2cnc(Cl)nc2)c1. The summed E-state index contributed by atoms with van der Waals surface area (Å²) in [5, 5.41) is 0.218. The molecule has 0 bridgehead atoms. The van der Waals surface area contributed by atoms with Crippen LogP contribution < -0.4 is 0 Å². The first kappa shape index (κ1) is 8.19. The van der Waals surface area contributed by atoms with Crippen LogP contribution in [0.2, 0.25) is 5.28 Å². The number of rotatable bonds is 1. The largest absolute Gasteiger partial charge is 0.329 e. The highest BCUT2D eigenvalue weighted by molar-refractivity contribution is 6.28. The number of hydrogen-bond acceptors (Lipinski definition) is 3. The smallest absolute Gasteiger partial charge is 0.222 e.